The van der Waals surface area contributed by atoms with Gasteiger partial charge in [0.1, 0.15) is 6.54 Å². The molecule has 1 N–H and O–H groups in total. The number of carboxylic acids is 1. The standard InChI is InChI=1S/C14H25N3O4/c1-4-6-16(10-12(18)15(2)3)14(21)17-7-5-11(9-17)8-13(19)20/h11H,4-10H2,1-3H3,(H,19,20). The molecule has 1 fully saturated rings. The molecular weight excluding hydrogens is 274 g/mol. The third kappa shape index (κ3) is 5.24. The summed E-state index contributed by atoms with van der Waals surface area (Å²) in [7, 11) is 3.32. The van der Waals surface area contributed by atoms with Gasteiger partial charge in [-0.15, -0.1) is 0 Å². The largest absolute Gasteiger partial charge is 0.481 e. The molecule has 0 aromatic heterocycles. The van der Waals surface area contributed by atoms with Crippen molar-refractivity contribution in [3.8, 4) is 0 Å². The van der Waals surface area contributed by atoms with Gasteiger partial charge in [0.05, 0.1) is 0 Å². The lowest BCUT2D eigenvalue weighted by Crippen LogP contribution is -2.46. The van der Waals surface area contributed by atoms with E-state index >= 15 is 0 Å². The average Bonchev–Trinajstić information content (AvgIpc) is 2.84. The summed E-state index contributed by atoms with van der Waals surface area (Å²) in [5.41, 5.74) is 0. The molecule has 0 aromatic carbocycles. The number of urea groups is 1. The third-order valence-electron chi connectivity index (χ3n) is 3.61. The van der Waals surface area contributed by atoms with Crippen molar-refractivity contribution in [1.82, 2.24) is 14.7 Å². The van der Waals surface area contributed by atoms with Crippen LogP contribution in [-0.2, 0) is 9.59 Å². The number of likely N-dealkylation sites (tertiary alicyclic amines) is 1. The van der Waals surface area contributed by atoms with Gasteiger partial charge in [-0.25, -0.2) is 4.79 Å². The number of hydrogen-bond acceptors (Lipinski definition) is 3. The maximum absolute atomic E-state index is 12.5. The van der Waals surface area contributed by atoms with E-state index < -0.39 is 5.97 Å². The Balaban J connectivity index is 2.60. The molecule has 0 radical (unpaired) electrons. The number of carbonyl (C=O) groups is 3. The van der Waals surface area contributed by atoms with E-state index in [-0.39, 0.29) is 30.8 Å². The van der Waals surface area contributed by atoms with Crippen LogP contribution >= 0.6 is 0 Å². The molecule has 1 aliphatic rings. The molecule has 0 spiro atoms. The summed E-state index contributed by atoms with van der Waals surface area (Å²) < 4.78 is 0. The van der Waals surface area contributed by atoms with Gasteiger partial charge in [-0.2, -0.15) is 0 Å². The van der Waals surface area contributed by atoms with Crippen molar-refractivity contribution in [1.29, 1.82) is 0 Å². The molecule has 0 aromatic rings. The van der Waals surface area contributed by atoms with Gasteiger partial charge in [-0.1, -0.05) is 6.92 Å². The van der Waals surface area contributed by atoms with E-state index in [2.05, 4.69) is 0 Å². The molecule has 0 saturated carbocycles. The topological polar surface area (TPSA) is 81.2 Å². The lowest BCUT2D eigenvalue weighted by atomic mass is 10.1. The molecule has 7 heteroatoms. The second-order valence-electron chi connectivity index (χ2n) is 5.69. The lowest BCUT2D eigenvalue weighted by molar-refractivity contribution is -0.138. The number of carboxylic acid groups (broad SMARTS) is 1. The Hall–Kier alpha value is -1.79. The van der Waals surface area contributed by atoms with E-state index in [1.165, 1.54) is 4.90 Å². The summed E-state index contributed by atoms with van der Waals surface area (Å²) in [6.45, 7) is 3.57. The zero-order valence-electron chi connectivity index (χ0n) is 13.0. The monoisotopic (exact) mass is 299 g/mol. The van der Waals surface area contributed by atoms with Crippen LogP contribution in [0.15, 0.2) is 0 Å². The van der Waals surface area contributed by atoms with Crippen LogP contribution < -0.4 is 0 Å². The first kappa shape index (κ1) is 17.3. The summed E-state index contributed by atoms with van der Waals surface area (Å²) in [6, 6.07) is -0.167. The minimum atomic E-state index is -0.831. The molecule has 0 aliphatic carbocycles. The van der Waals surface area contributed by atoms with Crippen molar-refractivity contribution >= 4 is 17.9 Å². The van der Waals surface area contributed by atoms with Gasteiger partial charge in [0.25, 0.3) is 0 Å². The average molecular weight is 299 g/mol. The first-order chi connectivity index (χ1) is 9.85. The molecule has 1 heterocycles. The van der Waals surface area contributed by atoms with Crippen LogP contribution in [0.4, 0.5) is 4.79 Å². The fourth-order valence-corrected chi connectivity index (χ4v) is 2.44. The van der Waals surface area contributed by atoms with Crippen LogP contribution in [0, 0.1) is 5.92 Å². The molecule has 120 valence electrons. The van der Waals surface area contributed by atoms with E-state index in [4.69, 9.17) is 5.11 Å². The Labute approximate surface area is 125 Å². The summed E-state index contributed by atoms with van der Waals surface area (Å²) in [5.74, 6) is -0.931. The highest BCUT2D eigenvalue weighted by molar-refractivity contribution is 5.84. The zero-order valence-corrected chi connectivity index (χ0v) is 13.0. The van der Waals surface area contributed by atoms with Crippen LogP contribution in [0.5, 0.6) is 0 Å². The minimum Gasteiger partial charge on any atom is -0.481 e. The number of likely N-dealkylation sites (N-methyl/N-ethyl adjacent to an activating group) is 1. The number of hydrogen-bond donors (Lipinski definition) is 1. The predicted octanol–water partition coefficient (Wildman–Crippen LogP) is 0.703. The Morgan fingerprint density at radius 2 is 1.95 bits per heavy atom. The molecule has 1 atom stereocenters. The molecular formula is C14H25N3O4. The summed E-state index contributed by atoms with van der Waals surface area (Å²) in [4.78, 5) is 39.6. The van der Waals surface area contributed by atoms with E-state index in [1.807, 2.05) is 6.92 Å². The van der Waals surface area contributed by atoms with Crippen molar-refractivity contribution in [2.45, 2.75) is 26.2 Å². The highest BCUT2D eigenvalue weighted by Gasteiger charge is 2.31. The van der Waals surface area contributed by atoms with E-state index in [9.17, 15) is 14.4 Å². The highest BCUT2D eigenvalue weighted by Crippen LogP contribution is 2.20. The van der Waals surface area contributed by atoms with Gasteiger partial charge in [0.2, 0.25) is 5.91 Å². The summed E-state index contributed by atoms with van der Waals surface area (Å²) >= 11 is 0. The minimum absolute atomic E-state index is 0.0134. The van der Waals surface area contributed by atoms with Crippen molar-refractivity contribution < 1.29 is 19.5 Å². The summed E-state index contributed by atoms with van der Waals surface area (Å²) in [6.07, 6.45) is 1.58. The van der Waals surface area contributed by atoms with Gasteiger partial charge in [-0.05, 0) is 18.8 Å². The maximum atomic E-state index is 12.5. The molecule has 21 heavy (non-hydrogen) atoms. The Morgan fingerprint density at radius 3 is 2.48 bits per heavy atom. The SMILES string of the molecule is CCCN(CC(=O)N(C)C)C(=O)N1CCC(CC(=O)O)C1. The van der Waals surface area contributed by atoms with Crippen molar-refractivity contribution in [2.75, 3.05) is 40.3 Å². The Bertz CT molecular complexity index is 398. The molecule has 1 unspecified atom stereocenters. The fourth-order valence-electron chi connectivity index (χ4n) is 2.44. The first-order valence-corrected chi connectivity index (χ1v) is 7.31. The van der Waals surface area contributed by atoms with E-state index in [0.717, 1.165) is 6.42 Å². The lowest BCUT2D eigenvalue weighted by Gasteiger charge is -2.28. The molecule has 0 bridgehead atoms. The van der Waals surface area contributed by atoms with Crippen LogP contribution in [-0.4, -0.2) is 78.0 Å². The van der Waals surface area contributed by atoms with E-state index in [0.29, 0.717) is 26.1 Å². The number of rotatable bonds is 6. The van der Waals surface area contributed by atoms with Crippen LogP contribution in [0.1, 0.15) is 26.2 Å². The highest BCUT2D eigenvalue weighted by atomic mass is 16.4. The second-order valence-corrected chi connectivity index (χ2v) is 5.69. The van der Waals surface area contributed by atoms with Crippen LogP contribution in [0.25, 0.3) is 0 Å². The second kappa shape index (κ2) is 7.85. The predicted molar refractivity (Wildman–Crippen MR) is 77.9 cm³/mol. The van der Waals surface area contributed by atoms with Crippen molar-refractivity contribution in [3.63, 3.8) is 0 Å². The zero-order chi connectivity index (χ0) is 16.0. The molecule has 1 rings (SSSR count). The number of amides is 3. The van der Waals surface area contributed by atoms with Crippen LogP contribution in [0.3, 0.4) is 0 Å². The number of carbonyl (C=O) groups excluding carboxylic acids is 2. The van der Waals surface area contributed by atoms with Gasteiger partial charge in [-0.3, -0.25) is 9.59 Å². The maximum Gasteiger partial charge on any atom is 0.320 e. The van der Waals surface area contributed by atoms with Crippen molar-refractivity contribution in [3.05, 3.63) is 0 Å². The van der Waals surface area contributed by atoms with Gasteiger partial charge in [0, 0.05) is 40.2 Å². The Kier molecular flexibility index (Phi) is 6.45. The molecule has 3 amide bonds. The van der Waals surface area contributed by atoms with Crippen LogP contribution in [0.2, 0.25) is 0 Å². The molecule has 1 saturated heterocycles. The van der Waals surface area contributed by atoms with E-state index in [1.54, 1.807) is 23.9 Å². The third-order valence-corrected chi connectivity index (χ3v) is 3.61. The smallest absolute Gasteiger partial charge is 0.320 e. The normalized spacial score (nSPS) is 17.7. The molecule has 7 nitrogen and oxygen atoms in total. The number of nitrogens with zero attached hydrogens (tertiary/aromatic N) is 3. The fraction of sp³-hybridized carbons (Fsp3) is 0.786. The molecule has 1 aliphatic heterocycles. The quantitative estimate of drug-likeness (QED) is 0.783. The number of aliphatic carboxylic acids is 1. The first-order valence-electron chi connectivity index (χ1n) is 7.31. The summed E-state index contributed by atoms with van der Waals surface area (Å²) in [5, 5.41) is 8.81. The van der Waals surface area contributed by atoms with Gasteiger partial charge < -0.3 is 19.8 Å². The van der Waals surface area contributed by atoms with Crippen molar-refractivity contribution in [2.24, 2.45) is 5.92 Å². The van der Waals surface area contributed by atoms with Gasteiger partial charge in [0.15, 0.2) is 0 Å². The Morgan fingerprint density at radius 1 is 1.29 bits per heavy atom. The van der Waals surface area contributed by atoms with Gasteiger partial charge >= 0.3 is 12.0 Å².